The number of nitrogen functional groups attached to an aromatic ring is 1. The Morgan fingerprint density at radius 2 is 1.75 bits per heavy atom. The van der Waals surface area contributed by atoms with Gasteiger partial charge in [-0.15, -0.1) is 0 Å². The molecule has 0 atom stereocenters. The molecule has 0 heterocycles. The second kappa shape index (κ2) is 6.32. The number of hydrogen-bond acceptors (Lipinski definition) is 5. The number of nitrogens with two attached hydrogens (primary N) is 2. The molecule has 92 valence electrons. The second-order valence-corrected chi connectivity index (χ2v) is 4.03. The molecule has 5 nitrogen and oxygen atoms in total. The lowest BCUT2D eigenvalue weighted by Gasteiger charge is -2.16. The molecule has 0 amide bonds. The van der Waals surface area contributed by atoms with Crippen LogP contribution in [0.1, 0.15) is 12.5 Å². The van der Waals surface area contributed by atoms with E-state index in [9.17, 15) is 0 Å². The van der Waals surface area contributed by atoms with Crippen LogP contribution in [0, 0.1) is 6.92 Å². The molecule has 0 aromatic heterocycles. The first-order valence-electron chi connectivity index (χ1n) is 4.88. The molecule has 0 saturated heterocycles. The number of aromatic hydroxyl groups is 1. The van der Waals surface area contributed by atoms with Gasteiger partial charge in [0.25, 0.3) is 0 Å². The number of hydrogen-bond donors (Lipinski definition) is 5. The lowest BCUT2D eigenvalue weighted by molar-refractivity contribution is 0.134. The number of aryl methyl sites for hydroxylation is 1. The summed E-state index contributed by atoms with van der Waals surface area (Å²) in [6.07, 6.45) is 0. The Morgan fingerprint density at radius 1 is 1.25 bits per heavy atom. The molecule has 5 heteroatoms. The molecule has 0 aliphatic rings. The lowest BCUT2D eigenvalue weighted by Crippen LogP contribution is -2.43. The molecule has 0 saturated carbocycles. The maximum atomic E-state index is 8.92. The molecule has 0 radical (unpaired) electrons. The minimum atomic E-state index is -0.806. The number of benzene rings is 1. The zero-order valence-electron chi connectivity index (χ0n) is 9.64. The van der Waals surface area contributed by atoms with E-state index in [0.29, 0.717) is 5.69 Å². The van der Waals surface area contributed by atoms with Gasteiger partial charge in [-0.3, -0.25) is 0 Å². The van der Waals surface area contributed by atoms with Crippen LogP contribution in [0.2, 0.25) is 0 Å². The van der Waals surface area contributed by atoms with Gasteiger partial charge in [0.2, 0.25) is 0 Å². The molecule has 1 aromatic carbocycles. The molecular weight excluding hydrogens is 208 g/mol. The van der Waals surface area contributed by atoms with E-state index < -0.39 is 5.54 Å². The van der Waals surface area contributed by atoms with E-state index in [1.165, 1.54) is 0 Å². The van der Waals surface area contributed by atoms with Gasteiger partial charge in [-0.25, -0.2) is 0 Å². The van der Waals surface area contributed by atoms with Gasteiger partial charge >= 0.3 is 0 Å². The molecule has 0 fully saturated rings. The van der Waals surface area contributed by atoms with Crippen molar-refractivity contribution in [3.8, 4) is 5.75 Å². The first-order chi connectivity index (χ1) is 7.32. The molecule has 0 bridgehead atoms. The minimum absolute atomic E-state index is 0.153. The van der Waals surface area contributed by atoms with Gasteiger partial charge in [0.15, 0.2) is 0 Å². The molecule has 0 unspecified atom stereocenters. The molecule has 0 spiro atoms. The SMILES string of the molecule is CC(N)(CO)CO.Cc1ccc(O)c(N)c1. The summed E-state index contributed by atoms with van der Waals surface area (Å²) in [6.45, 7) is 3.15. The van der Waals surface area contributed by atoms with Crippen molar-refractivity contribution in [1.82, 2.24) is 0 Å². The zero-order valence-corrected chi connectivity index (χ0v) is 9.64. The quantitative estimate of drug-likeness (QED) is 0.360. The number of anilines is 1. The topological polar surface area (TPSA) is 113 Å². The minimum Gasteiger partial charge on any atom is -0.506 e. The summed E-state index contributed by atoms with van der Waals surface area (Å²) in [5, 5.41) is 25.5. The van der Waals surface area contributed by atoms with E-state index >= 15 is 0 Å². The summed E-state index contributed by atoms with van der Waals surface area (Å²) < 4.78 is 0. The summed E-state index contributed by atoms with van der Waals surface area (Å²) in [5.74, 6) is 0.153. The molecule has 0 aliphatic heterocycles. The second-order valence-electron chi connectivity index (χ2n) is 4.03. The van der Waals surface area contributed by atoms with Crippen molar-refractivity contribution < 1.29 is 15.3 Å². The van der Waals surface area contributed by atoms with E-state index in [0.717, 1.165) is 5.56 Å². The number of aliphatic hydroxyl groups is 2. The van der Waals surface area contributed by atoms with Crippen LogP contribution in [-0.2, 0) is 0 Å². The maximum Gasteiger partial charge on any atom is 0.138 e. The van der Waals surface area contributed by atoms with Gasteiger partial charge in [-0.2, -0.15) is 0 Å². The van der Waals surface area contributed by atoms with Crippen LogP contribution < -0.4 is 11.5 Å². The van der Waals surface area contributed by atoms with Crippen LogP contribution >= 0.6 is 0 Å². The summed E-state index contributed by atoms with van der Waals surface area (Å²) in [5.41, 5.74) is 11.3. The zero-order chi connectivity index (χ0) is 12.8. The smallest absolute Gasteiger partial charge is 0.138 e. The first kappa shape index (κ1) is 14.7. The molecule has 7 N–H and O–H groups in total. The highest BCUT2D eigenvalue weighted by molar-refractivity contribution is 5.52. The van der Waals surface area contributed by atoms with E-state index in [4.69, 9.17) is 26.8 Å². The Bertz CT molecular complexity index is 321. The van der Waals surface area contributed by atoms with Crippen LogP contribution in [0.4, 0.5) is 5.69 Å². The molecule has 16 heavy (non-hydrogen) atoms. The van der Waals surface area contributed by atoms with Crippen LogP contribution in [0.3, 0.4) is 0 Å². The maximum absolute atomic E-state index is 8.92. The third-order valence-corrected chi connectivity index (χ3v) is 1.91. The largest absolute Gasteiger partial charge is 0.506 e. The Balaban J connectivity index is 0.000000293. The highest BCUT2D eigenvalue weighted by Gasteiger charge is 2.13. The summed E-state index contributed by atoms with van der Waals surface area (Å²) >= 11 is 0. The highest BCUT2D eigenvalue weighted by Crippen LogP contribution is 2.19. The summed E-state index contributed by atoms with van der Waals surface area (Å²) in [6, 6.07) is 5.13. The Kier molecular flexibility index (Phi) is 5.81. The first-order valence-corrected chi connectivity index (χ1v) is 4.88. The fraction of sp³-hybridized carbons (Fsp3) is 0.455. The van der Waals surface area contributed by atoms with Gasteiger partial charge < -0.3 is 26.8 Å². The lowest BCUT2D eigenvalue weighted by atomic mass is 10.1. The fourth-order valence-corrected chi connectivity index (χ4v) is 0.724. The molecule has 1 rings (SSSR count). The monoisotopic (exact) mass is 228 g/mol. The predicted octanol–water partition coefficient (Wildman–Crippen LogP) is -0.0288. The van der Waals surface area contributed by atoms with Crippen LogP contribution in [0.25, 0.3) is 0 Å². The molecule has 0 aliphatic carbocycles. The number of phenols is 1. The van der Waals surface area contributed by atoms with Gasteiger partial charge in [0.05, 0.1) is 24.4 Å². The van der Waals surface area contributed by atoms with E-state index in [1.807, 2.05) is 13.0 Å². The highest BCUT2D eigenvalue weighted by atomic mass is 16.3. The number of phenolic OH excluding ortho intramolecular Hbond substituents is 1. The average molecular weight is 228 g/mol. The summed E-state index contributed by atoms with van der Waals surface area (Å²) in [7, 11) is 0. The van der Waals surface area contributed by atoms with E-state index in [1.54, 1.807) is 19.1 Å². The van der Waals surface area contributed by atoms with Crippen molar-refractivity contribution in [3.63, 3.8) is 0 Å². The van der Waals surface area contributed by atoms with Crippen molar-refractivity contribution in [2.24, 2.45) is 5.73 Å². The Hall–Kier alpha value is -1.30. The van der Waals surface area contributed by atoms with Crippen molar-refractivity contribution in [2.45, 2.75) is 19.4 Å². The van der Waals surface area contributed by atoms with Gasteiger partial charge in [0, 0.05) is 0 Å². The normalized spacial score (nSPS) is 10.6. The Morgan fingerprint density at radius 3 is 2.00 bits per heavy atom. The van der Waals surface area contributed by atoms with Gasteiger partial charge in [-0.1, -0.05) is 6.07 Å². The van der Waals surface area contributed by atoms with Crippen LogP contribution in [-0.4, -0.2) is 34.1 Å². The average Bonchev–Trinajstić information content (AvgIpc) is 2.25. The van der Waals surface area contributed by atoms with Crippen molar-refractivity contribution >= 4 is 5.69 Å². The number of rotatable bonds is 2. The summed E-state index contributed by atoms with van der Waals surface area (Å²) in [4.78, 5) is 0. The van der Waals surface area contributed by atoms with Crippen molar-refractivity contribution in [3.05, 3.63) is 23.8 Å². The molecule has 1 aromatic rings. The van der Waals surface area contributed by atoms with Crippen LogP contribution in [0.5, 0.6) is 5.75 Å². The fourth-order valence-electron chi connectivity index (χ4n) is 0.724. The van der Waals surface area contributed by atoms with Crippen molar-refractivity contribution in [2.75, 3.05) is 18.9 Å². The van der Waals surface area contributed by atoms with E-state index in [2.05, 4.69) is 0 Å². The predicted molar refractivity (Wildman–Crippen MR) is 64.0 cm³/mol. The Labute approximate surface area is 95.3 Å². The van der Waals surface area contributed by atoms with Gasteiger partial charge in [0.1, 0.15) is 5.75 Å². The molecular formula is C11H20N2O3. The van der Waals surface area contributed by atoms with Crippen molar-refractivity contribution in [1.29, 1.82) is 0 Å². The van der Waals surface area contributed by atoms with E-state index in [-0.39, 0.29) is 19.0 Å². The van der Waals surface area contributed by atoms with Crippen LogP contribution in [0.15, 0.2) is 18.2 Å². The third-order valence-electron chi connectivity index (χ3n) is 1.91. The number of aliphatic hydroxyl groups excluding tert-OH is 2. The van der Waals surface area contributed by atoms with Gasteiger partial charge in [-0.05, 0) is 31.5 Å². The standard InChI is InChI=1S/C7H9NO.C4H11NO2/c1-5-2-3-7(9)6(8)4-5;1-4(5,2-6)3-7/h2-4,9H,8H2,1H3;6-7H,2-3,5H2,1H3. The third kappa shape index (κ3) is 5.55.